The van der Waals surface area contributed by atoms with Gasteiger partial charge in [-0.1, -0.05) is 42.5 Å². The number of para-hydroxylation sites is 2. The van der Waals surface area contributed by atoms with Crippen molar-refractivity contribution < 1.29 is 22.3 Å². The fourth-order valence-electron chi connectivity index (χ4n) is 2.72. The number of fused-ring (bicyclic) bond motifs is 1. The third-order valence-electron chi connectivity index (χ3n) is 4.07. The number of alkyl halides is 3. The molecule has 27 heavy (non-hydrogen) atoms. The number of oxazole rings is 1. The highest BCUT2D eigenvalue weighted by molar-refractivity contribution is 5.77. The van der Waals surface area contributed by atoms with Crippen LogP contribution < -0.4 is 4.74 Å². The van der Waals surface area contributed by atoms with E-state index in [0.29, 0.717) is 11.1 Å². The lowest BCUT2D eigenvalue weighted by atomic mass is 10.1. The van der Waals surface area contributed by atoms with Gasteiger partial charge in [0.1, 0.15) is 17.9 Å². The molecule has 3 aromatic carbocycles. The molecule has 0 unspecified atom stereocenters. The normalized spacial score (nSPS) is 11.7. The molecule has 0 aliphatic carbocycles. The molecule has 0 N–H and O–H groups in total. The van der Waals surface area contributed by atoms with Gasteiger partial charge in [-0.05, 0) is 35.9 Å². The zero-order valence-corrected chi connectivity index (χ0v) is 14.0. The number of rotatable bonds is 4. The van der Waals surface area contributed by atoms with E-state index < -0.39 is 11.7 Å². The molecule has 0 fully saturated rings. The van der Waals surface area contributed by atoms with Crippen LogP contribution in [0.3, 0.4) is 0 Å². The molecule has 3 nitrogen and oxygen atoms in total. The van der Waals surface area contributed by atoms with Crippen molar-refractivity contribution in [2.75, 3.05) is 0 Å². The molecule has 0 saturated carbocycles. The van der Waals surface area contributed by atoms with Gasteiger partial charge in [-0.25, -0.2) is 4.98 Å². The van der Waals surface area contributed by atoms with Crippen LogP contribution in [-0.2, 0) is 12.8 Å². The summed E-state index contributed by atoms with van der Waals surface area (Å²) in [4.78, 5) is 4.31. The smallest absolute Gasteiger partial charge is 0.416 e. The minimum absolute atomic E-state index is 0.0883. The fraction of sp³-hybridized carbons (Fsp3) is 0.0952. The summed E-state index contributed by atoms with van der Waals surface area (Å²) in [5, 5.41) is 0. The van der Waals surface area contributed by atoms with Gasteiger partial charge in [-0.2, -0.15) is 13.2 Å². The lowest BCUT2D eigenvalue weighted by Gasteiger charge is -2.13. The molecule has 4 aromatic rings. The van der Waals surface area contributed by atoms with Crippen molar-refractivity contribution in [2.45, 2.75) is 12.8 Å². The molecule has 0 bridgehead atoms. The Morgan fingerprint density at radius 3 is 2.37 bits per heavy atom. The van der Waals surface area contributed by atoms with E-state index in [1.54, 1.807) is 24.3 Å². The fourth-order valence-corrected chi connectivity index (χ4v) is 2.72. The Hall–Kier alpha value is -3.28. The van der Waals surface area contributed by atoms with E-state index in [0.717, 1.165) is 17.7 Å². The van der Waals surface area contributed by atoms with Crippen LogP contribution >= 0.6 is 0 Å². The molecule has 0 saturated heterocycles. The highest BCUT2D eigenvalue weighted by Crippen LogP contribution is 2.38. The molecular formula is C21H14F3NO2. The number of aromatic nitrogens is 1. The molecule has 4 rings (SSSR count). The Labute approximate surface area is 153 Å². The van der Waals surface area contributed by atoms with Gasteiger partial charge in [0.15, 0.2) is 5.58 Å². The largest absolute Gasteiger partial charge is 0.488 e. The summed E-state index contributed by atoms with van der Waals surface area (Å²) < 4.78 is 51.0. The first-order chi connectivity index (χ1) is 13.0. The highest BCUT2D eigenvalue weighted by atomic mass is 19.4. The predicted molar refractivity (Wildman–Crippen MR) is 95.2 cm³/mol. The van der Waals surface area contributed by atoms with Crippen molar-refractivity contribution >= 4 is 11.1 Å². The Balaban J connectivity index is 1.76. The van der Waals surface area contributed by atoms with Crippen LogP contribution in [0.5, 0.6) is 5.75 Å². The van der Waals surface area contributed by atoms with E-state index in [1.807, 2.05) is 30.3 Å². The summed E-state index contributed by atoms with van der Waals surface area (Å²) in [6.45, 7) is 0.222. The lowest BCUT2D eigenvalue weighted by Crippen LogP contribution is -2.06. The van der Waals surface area contributed by atoms with Crippen molar-refractivity contribution in [2.24, 2.45) is 0 Å². The SMILES string of the molecule is FC(F)(F)c1ccc(OCc2ccccc2)c(-c2nc3ccccc3o2)c1. The monoisotopic (exact) mass is 369 g/mol. The van der Waals surface area contributed by atoms with Crippen molar-refractivity contribution in [3.05, 3.63) is 83.9 Å². The van der Waals surface area contributed by atoms with E-state index in [2.05, 4.69) is 4.98 Å². The van der Waals surface area contributed by atoms with Gasteiger partial charge in [-0.3, -0.25) is 0 Å². The lowest BCUT2D eigenvalue weighted by molar-refractivity contribution is -0.137. The number of halogens is 3. The minimum Gasteiger partial charge on any atom is -0.488 e. The quantitative estimate of drug-likeness (QED) is 0.436. The molecule has 136 valence electrons. The van der Waals surface area contributed by atoms with Crippen LogP contribution in [0.4, 0.5) is 13.2 Å². The second-order valence-corrected chi connectivity index (χ2v) is 5.97. The number of benzene rings is 3. The van der Waals surface area contributed by atoms with E-state index in [1.165, 1.54) is 6.07 Å². The summed E-state index contributed by atoms with van der Waals surface area (Å²) in [6.07, 6.45) is -4.47. The van der Waals surface area contributed by atoms with Crippen LogP contribution in [0, 0.1) is 0 Å². The zero-order valence-electron chi connectivity index (χ0n) is 14.0. The first-order valence-electron chi connectivity index (χ1n) is 8.24. The van der Waals surface area contributed by atoms with Crippen LogP contribution in [0.25, 0.3) is 22.6 Å². The minimum atomic E-state index is -4.47. The van der Waals surface area contributed by atoms with E-state index in [4.69, 9.17) is 9.15 Å². The van der Waals surface area contributed by atoms with Gasteiger partial charge >= 0.3 is 6.18 Å². The number of nitrogens with zero attached hydrogens (tertiary/aromatic N) is 1. The van der Waals surface area contributed by atoms with Gasteiger partial charge in [0, 0.05) is 0 Å². The molecular weight excluding hydrogens is 355 g/mol. The Morgan fingerprint density at radius 2 is 1.63 bits per heavy atom. The van der Waals surface area contributed by atoms with Gasteiger partial charge in [-0.15, -0.1) is 0 Å². The number of hydrogen-bond donors (Lipinski definition) is 0. The molecule has 0 aliphatic heterocycles. The van der Waals surface area contributed by atoms with Gasteiger partial charge in [0.25, 0.3) is 0 Å². The van der Waals surface area contributed by atoms with E-state index >= 15 is 0 Å². The topological polar surface area (TPSA) is 35.3 Å². The molecule has 0 spiro atoms. The maximum Gasteiger partial charge on any atom is 0.416 e. The van der Waals surface area contributed by atoms with E-state index in [9.17, 15) is 13.2 Å². The summed E-state index contributed by atoms with van der Waals surface area (Å²) in [7, 11) is 0. The maximum atomic E-state index is 13.2. The predicted octanol–water partition coefficient (Wildman–Crippen LogP) is 6.09. The van der Waals surface area contributed by atoms with Crippen LogP contribution in [0.15, 0.2) is 77.2 Å². The molecule has 0 aliphatic rings. The summed E-state index contributed by atoms with van der Waals surface area (Å²) in [5.41, 5.74) is 1.35. The van der Waals surface area contributed by atoms with Gasteiger partial charge < -0.3 is 9.15 Å². The van der Waals surface area contributed by atoms with Crippen molar-refractivity contribution in [3.8, 4) is 17.2 Å². The Bertz CT molecular complexity index is 1040. The first-order valence-corrected chi connectivity index (χ1v) is 8.24. The number of ether oxygens (including phenoxy) is 1. The first kappa shape index (κ1) is 17.1. The molecule has 1 heterocycles. The van der Waals surface area contributed by atoms with Crippen molar-refractivity contribution in [1.29, 1.82) is 0 Å². The Morgan fingerprint density at radius 1 is 0.889 bits per heavy atom. The standard InChI is InChI=1S/C21H14F3NO2/c22-21(23,24)15-10-11-18(26-13-14-6-2-1-3-7-14)16(12-15)20-25-17-8-4-5-9-19(17)27-20/h1-12H,13H2. The second-order valence-electron chi connectivity index (χ2n) is 5.97. The molecule has 0 atom stereocenters. The van der Waals surface area contributed by atoms with Crippen molar-refractivity contribution in [1.82, 2.24) is 4.98 Å². The average Bonchev–Trinajstić information content (AvgIpc) is 3.10. The Kier molecular flexibility index (Phi) is 4.32. The van der Waals surface area contributed by atoms with Crippen LogP contribution in [0.1, 0.15) is 11.1 Å². The van der Waals surface area contributed by atoms with Gasteiger partial charge in [0.2, 0.25) is 5.89 Å². The van der Waals surface area contributed by atoms with Crippen LogP contribution in [0.2, 0.25) is 0 Å². The van der Waals surface area contributed by atoms with Gasteiger partial charge in [0.05, 0.1) is 11.1 Å². The van der Waals surface area contributed by atoms with E-state index in [-0.39, 0.29) is 23.8 Å². The summed E-state index contributed by atoms with van der Waals surface area (Å²) in [5.74, 6) is 0.365. The molecule has 0 radical (unpaired) electrons. The highest BCUT2D eigenvalue weighted by Gasteiger charge is 2.32. The molecule has 1 aromatic heterocycles. The maximum absolute atomic E-state index is 13.2. The molecule has 6 heteroatoms. The second kappa shape index (κ2) is 6.79. The number of hydrogen-bond acceptors (Lipinski definition) is 3. The summed E-state index contributed by atoms with van der Waals surface area (Å²) in [6, 6.07) is 19.7. The summed E-state index contributed by atoms with van der Waals surface area (Å²) >= 11 is 0. The van der Waals surface area contributed by atoms with Crippen LogP contribution in [-0.4, -0.2) is 4.98 Å². The zero-order chi connectivity index (χ0) is 18.9. The average molecular weight is 369 g/mol. The third kappa shape index (κ3) is 3.65. The molecule has 0 amide bonds. The van der Waals surface area contributed by atoms with Crippen molar-refractivity contribution in [3.63, 3.8) is 0 Å². The third-order valence-corrected chi connectivity index (χ3v) is 4.07.